The zero-order valence-electron chi connectivity index (χ0n) is 16.1. The molecule has 0 saturated carbocycles. The predicted molar refractivity (Wildman–Crippen MR) is 113 cm³/mol. The maximum atomic E-state index is 12.1. The first-order valence-electron chi connectivity index (χ1n) is 9.18. The van der Waals surface area contributed by atoms with Crippen LogP contribution in [0.1, 0.15) is 11.1 Å². The summed E-state index contributed by atoms with van der Waals surface area (Å²) < 4.78 is 1.78. The molecular formula is C22H21N5O3. The summed E-state index contributed by atoms with van der Waals surface area (Å²) in [5.74, 6) is -2.72. The first-order valence-corrected chi connectivity index (χ1v) is 9.18. The summed E-state index contributed by atoms with van der Waals surface area (Å²) in [7, 11) is 0. The maximum absolute atomic E-state index is 12.1. The molecule has 8 heteroatoms. The Labute approximate surface area is 173 Å². The molecule has 3 rings (SSSR count). The minimum atomic E-state index is -1.57. The molecule has 30 heavy (non-hydrogen) atoms. The molecule has 0 aliphatic heterocycles. The second kappa shape index (κ2) is 9.33. The molecule has 152 valence electrons. The van der Waals surface area contributed by atoms with E-state index in [9.17, 15) is 14.4 Å². The summed E-state index contributed by atoms with van der Waals surface area (Å²) in [5.41, 5.74) is 13.5. The lowest BCUT2D eigenvalue weighted by Crippen LogP contribution is -2.52. The number of hydrogen-bond donors (Lipinski definition) is 3. The molecule has 0 spiro atoms. The van der Waals surface area contributed by atoms with Gasteiger partial charge in [0, 0.05) is 23.4 Å². The number of nitrogens with zero attached hydrogens (tertiary/aromatic N) is 2. The Balaban J connectivity index is 1.86. The molecule has 3 aromatic rings. The van der Waals surface area contributed by atoms with Crippen LogP contribution >= 0.6 is 0 Å². The van der Waals surface area contributed by atoms with Crippen molar-refractivity contribution in [2.75, 3.05) is 0 Å². The highest BCUT2D eigenvalue weighted by atomic mass is 16.2. The fourth-order valence-electron chi connectivity index (χ4n) is 2.87. The minimum absolute atomic E-state index is 0.562. The zero-order valence-corrected chi connectivity index (χ0v) is 16.1. The highest BCUT2D eigenvalue weighted by Gasteiger charge is 2.22. The Morgan fingerprint density at radius 2 is 1.57 bits per heavy atom. The third kappa shape index (κ3) is 5.20. The molecule has 5 N–H and O–H groups in total. The minimum Gasteiger partial charge on any atom is -0.367 e. The Bertz CT molecular complexity index is 1060. The summed E-state index contributed by atoms with van der Waals surface area (Å²) in [5, 5.41) is 6.85. The summed E-state index contributed by atoms with van der Waals surface area (Å²) >= 11 is 0. The van der Waals surface area contributed by atoms with Crippen LogP contribution in [0.2, 0.25) is 0 Å². The van der Waals surface area contributed by atoms with Gasteiger partial charge in [0.1, 0.15) is 0 Å². The van der Waals surface area contributed by atoms with E-state index in [0.717, 1.165) is 11.1 Å². The molecule has 0 radical (unpaired) electrons. The van der Waals surface area contributed by atoms with Crippen molar-refractivity contribution in [2.24, 2.45) is 11.5 Å². The number of carbonyl (C=O) groups excluding carboxylic acids is 3. The van der Waals surface area contributed by atoms with Crippen LogP contribution in [0.5, 0.6) is 0 Å². The average molecular weight is 403 g/mol. The average Bonchev–Trinajstić information content (AvgIpc) is 3.14. The second-order valence-electron chi connectivity index (χ2n) is 6.56. The molecule has 3 amide bonds. The standard InChI is InChI=1S/C22H21N5O3/c23-21(29)20(22(24)30)25-18(28)12-11-17-14-27(13-15-7-3-1-4-8-15)26-19(17)16-9-5-2-6-10-16/h1-12,14,20H,13H2,(H2,23,29)(H2,24,30)(H,25,28). The second-order valence-corrected chi connectivity index (χ2v) is 6.56. The monoisotopic (exact) mass is 403 g/mol. The van der Waals surface area contributed by atoms with E-state index in [1.807, 2.05) is 66.9 Å². The molecule has 0 aliphatic rings. The van der Waals surface area contributed by atoms with E-state index < -0.39 is 23.8 Å². The molecule has 0 saturated heterocycles. The van der Waals surface area contributed by atoms with Gasteiger partial charge < -0.3 is 16.8 Å². The van der Waals surface area contributed by atoms with Crippen LogP contribution in [0.4, 0.5) is 0 Å². The van der Waals surface area contributed by atoms with Gasteiger partial charge in [-0.15, -0.1) is 0 Å². The van der Waals surface area contributed by atoms with E-state index in [2.05, 4.69) is 10.4 Å². The van der Waals surface area contributed by atoms with E-state index in [1.54, 1.807) is 10.8 Å². The number of carbonyl (C=O) groups is 3. The summed E-state index contributed by atoms with van der Waals surface area (Å²) in [6.45, 7) is 0.562. The van der Waals surface area contributed by atoms with Gasteiger partial charge in [0.05, 0.1) is 12.2 Å². The van der Waals surface area contributed by atoms with Crippen LogP contribution in [-0.2, 0) is 20.9 Å². The summed E-state index contributed by atoms with van der Waals surface area (Å²) in [4.78, 5) is 34.6. The van der Waals surface area contributed by atoms with Crippen molar-refractivity contribution in [3.8, 4) is 11.3 Å². The number of nitrogens with one attached hydrogen (secondary N) is 1. The Morgan fingerprint density at radius 3 is 2.17 bits per heavy atom. The Morgan fingerprint density at radius 1 is 0.967 bits per heavy atom. The van der Waals surface area contributed by atoms with Crippen molar-refractivity contribution in [1.82, 2.24) is 15.1 Å². The van der Waals surface area contributed by atoms with Gasteiger partial charge in [-0.1, -0.05) is 60.7 Å². The molecule has 0 fully saturated rings. The zero-order chi connectivity index (χ0) is 21.5. The molecule has 1 aromatic heterocycles. The number of hydrogen-bond acceptors (Lipinski definition) is 4. The largest absolute Gasteiger partial charge is 0.367 e. The summed E-state index contributed by atoms with van der Waals surface area (Å²) in [6.07, 6.45) is 4.58. The lowest BCUT2D eigenvalue weighted by atomic mass is 10.1. The van der Waals surface area contributed by atoms with Gasteiger partial charge in [0.2, 0.25) is 17.7 Å². The lowest BCUT2D eigenvalue weighted by Gasteiger charge is -2.09. The van der Waals surface area contributed by atoms with Crippen molar-refractivity contribution in [1.29, 1.82) is 0 Å². The SMILES string of the molecule is NC(=O)C(NC(=O)C=Cc1cn(Cc2ccccc2)nc1-c1ccccc1)C(N)=O. The third-order valence-corrected chi connectivity index (χ3v) is 4.29. The Kier molecular flexibility index (Phi) is 6.39. The normalized spacial score (nSPS) is 11.0. The number of benzene rings is 2. The highest BCUT2D eigenvalue weighted by molar-refractivity contribution is 6.07. The van der Waals surface area contributed by atoms with Crippen LogP contribution in [0.3, 0.4) is 0 Å². The van der Waals surface area contributed by atoms with Crippen molar-refractivity contribution in [3.05, 3.63) is 84.1 Å². The number of rotatable bonds is 8. The molecule has 0 atom stereocenters. The van der Waals surface area contributed by atoms with Crippen molar-refractivity contribution < 1.29 is 14.4 Å². The van der Waals surface area contributed by atoms with Crippen LogP contribution in [0.25, 0.3) is 17.3 Å². The maximum Gasteiger partial charge on any atom is 0.249 e. The van der Waals surface area contributed by atoms with E-state index >= 15 is 0 Å². The van der Waals surface area contributed by atoms with E-state index in [1.165, 1.54) is 6.08 Å². The molecule has 0 aliphatic carbocycles. The molecule has 8 nitrogen and oxygen atoms in total. The van der Waals surface area contributed by atoms with Gasteiger partial charge >= 0.3 is 0 Å². The van der Waals surface area contributed by atoms with Gasteiger partial charge in [-0.05, 0) is 11.6 Å². The molecule has 2 aromatic carbocycles. The number of aromatic nitrogens is 2. The van der Waals surface area contributed by atoms with E-state index in [4.69, 9.17) is 11.5 Å². The van der Waals surface area contributed by atoms with E-state index in [-0.39, 0.29) is 0 Å². The van der Waals surface area contributed by atoms with Gasteiger partial charge in [-0.2, -0.15) is 5.10 Å². The molecule has 0 unspecified atom stereocenters. The molecule has 0 bridgehead atoms. The summed E-state index contributed by atoms with van der Waals surface area (Å²) in [6, 6.07) is 17.8. The lowest BCUT2D eigenvalue weighted by molar-refractivity contribution is -0.132. The smallest absolute Gasteiger partial charge is 0.249 e. The molecule has 1 heterocycles. The van der Waals surface area contributed by atoms with Crippen LogP contribution < -0.4 is 16.8 Å². The predicted octanol–water partition coefficient (Wildman–Crippen LogP) is 1.07. The molecular weight excluding hydrogens is 382 g/mol. The Hall–Kier alpha value is -4.20. The van der Waals surface area contributed by atoms with Gasteiger partial charge in [0.15, 0.2) is 6.04 Å². The first-order chi connectivity index (χ1) is 14.4. The van der Waals surface area contributed by atoms with Crippen molar-refractivity contribution in [3.63, 3.8) is 0 Å². The quantitative estimate of drug-likeness (QED) is 0.383. The first kappa shape index (κ1) is 20.5. The van der Waals surface area contributed by atoms with Gasteiger partial charge in [0.25, 0.3) is 0 Å². The number of nitrogens with two attached hydrogens (primary N) is 2. The highest BCUT2D eigenvalue weighted by Crippen LogP contribution is 2.23. The van der Waals surface area contributed by atoms with Crippen LogP contribution in [0, 0.1) is 0 Å². The van der Waals surface area contributed by atoms with E-state index in [0.29, 0.717) is 17.8 Å². The van der Waals surface area contributed by atoms with Gasteiger partial charge in [-0.25, -0.2) is 0 Å². The van der Waals surface area contributed by atoms with Crippen molar-refractivity contribution in [2.45, 2.75) is 12.6 Å². The van der Waals surface area contributed by atoms with Gasteiger partial charge in [-0.3, -0.25) is 19.1 Å². The fraction of sp³-hybridized carbons (Fsp3) is 0.0909. The van der Waals surface area contributed by atoms with Crippen LogP contribution in [0.15, 0.2) is 72.9 Å². The fourth-order valence-corrected chi connectivity index (χ4v) is 2.87. The van der Waals surface area contributed by atoms with Crippen LogP contribution in [-0.4, -0.2) is 33.5 Å². The third-order valence-electron chi connectivity index (χ3n) is 4.29. The topological polar surface area (TPSA) is 133 Å². The number of primary amides is 2. The van der Waals surface area contributed by atoms with Crippen molar-refractivity contribution >= 4 is 23.8 Å². The number of amides is 3.